The molecule has 0 fully saturated rings. The monoisotopic (exact) mass is 125 g/mol. The predicted molar refractivity (Wildman–Crippen MR) is 24.6 cm³/mol. The highest BCUT2D eigenvalue weighted by Gasteiger charge is 2.20. The van der Waals surface area contributed by atoms with Gasteiger partial charge in [-0.25, -0.2) is 0 Å². The molecule has 0 rings (SSSR count). The van der Waals surface area contributed by atoms with Crippen molar-refractivity contribution in [3.63, 3.8) is 0 Å². The lowest BCUT2D eigenvalue weighted by molar-refractivity contribution is -0.107. The molecule has 48 valence electrons. The molecule has 0 amide bonds. The second kappa shape index (κ2) is 2.74. The van der Waals surface area contributed by atoms with Gasteiger partial charge in [-0.05, 0) is 6.42 Å². The lowest BCUT2D eigenvalue weighted by Crippen LogP contribution is -2.13. The standard InChI is InChI=1S/C3H5BF3O/c5-4(6,7)2-1-3-8/h3H,1-2H2/q-1. The van der Waals surface area contributed by atoms with Gasteiger partial charge in [0.15, 0.2) is 0 Å². The van der Waals surface area contributed by atoms with E-state index in [-0.39, 0.29) is 6.29 Å². The van der Waals surface area contributed by atoms with Crippen LogP contribution in [0.15, 0.2) is 0 Å². The van der Waals surface area contributed by atoms with E-state index in [1.165, 1.54) is 0 Å². The number of halogens is 3. The fourth-order valence-corrected chi connectivity index (χ4v) is 0.257. The molecule has 0 aliphatic carbocycles. The molecule has 0 saturated heterocycles. The van der Waals surface area contributed by atoms with E-state index in [0.717, 1.165) is 0 Å². The van der Waals surface area contributed by atoms with Crippen LogP contribution in [0.3, 0.4) is 0 Å². The van der Waals surface area contributed by atoms with Crippen molar-refractivity contribution in [3.8, 4) is 0 Å². The van der Waals surface area contributed by atoms with Gasteiger partial charge in [-0.1, -0.05) is 6.32 Å². The Morgan fingerprint density at radius 2 is 1.88 bits per heavy atom. The first-order chi connectivity index (χ1) is 3.56. The van der Waals surface area contributed by atoms with Crippen LogP contribution in [-0.2, 0) is 4.79 Å². The van der Waals surface area contributed by atoms with Gasteiger partial charge in [0, 0.05) is 0 Å². The van der Waals surface area contributed by atoms with Gasteiger partial charge in [0.1, 0.15) is 6.29 Å². The quantitative estimate of drug-likeness (QED) is 0.411. The number of hydrogen-bond donors (Lipinski definition) is 0. The van der Waals surface area contributed by atoms with Crippen molar-refractivity contribution in [2.75, 3.05) is 0 Å². The van der Waals surface area contributed by atoms with E-state index < -0.39 is 19.7 Å². The minimum atomic E-state index is -4.73. The zero-order chi connectivity index (χ0) is 6.62. The molecular weight excluding hydrogens is 120 g/mol. The van der Waals surface area contributed by atoms with E-state index in [0.29, 0.717) is 0 Å². The van der Waals surface area contributed by atoms with Crippen LogP contribution in [0.4, 0.5) is 12.9 Å². The highest BCUT2D eigenvalue weighted by atomic mass is 19.4. The maximum absolute atomic E-state index is 11.1. The molecule has 0 unspecified atom stereocenters. The molecule has 1 nitrogen and oxygen atoms in total. The summed E-state index contributed by atoms with van der Waals surface area (Å²) in [4.78, 5) is 9.36. The number of carbonyl (C=O) groups excluding carboxylic acids is 1. The van der Waals surface area contributed by atoms with Crippen molar-refractivity contribution in [1.29, 1.82) is 0 Å². The Balaban J connectivity index is 3.24. The van der Waals surface area contributed by atoms with Crippen molar-refractivity contribution >= 4 is 13.3 Å². The summed E-state index contributed by atoms with van der Waals surface area (Å²) in [7, 11) is 0. The first-order valence-corrected chi connectivity index (χ1v) is 2.21. The Morgan fingerprint density at radius 3 is 2.00 bits per heavy atom. The molecule has 0 saturated carbocycles. The largest absolute Gasteiger partial charge is 0.478 e. The summed E-state index contributed by atoms with van der Waals surface area (Å²) in [5.74, 6) is 0. The fourth-order valence-electron chi connectivity index (χ4n) is 0.257. The third-order valence-electron chi connectivity index (χ3n) is 0.612. The third kappa shape index (κ3) is 5.52. The van der Waals surface area contributed by atoms with Gasteiger partial charge < -0.3 is 17.7 Å². The zero-order valence-corrected chi connectivity index (χ0v) is 4.11. The van der Waals surface area contributed by atoms with Crippen LogP contribution in [-0.4, -0.2) is 13.3 Å². The van der Waals surface area contributed by atoms with Crippen LogP contribution in [0, 0.1) is 0 Å². The Labute approximate surface area is 44.9 Å². The molecule has 0 aliphatic heterocycles. The van der Waals surface area contributed by atoms with Crippen LogP contribution < -0.4 is 0 Å². The summed E-state index contributed by atoms with van der Waals surface area (Å²) in [6, 6.07) is 0. The van der Waals surface area contributed by atoms with Gasteiger partial charge in [0.2, 0.25) is 0 Å². The van der Waals surface area contributed by atoms with E-state index in [4.69, 9.17) is 0 Å². The van der Waals surface area contributed by atoms with Crippen molar-refractivity contribution in [2.24, 2.45) is 0 Å². The summed E-state index contributed by atoms with van der Waals surface area (Å²) >= 11 is 0. The van der Waals surface area contributed by atoms with Crippen LogP contribution in [0.1, 0.15) is 6.42 Å². The maximum Gasteiger partial charge on any atom is 0.478 e. The normalized spacial score (nSPS) is 11.4. The fraction of sp³-hybridized carbons (Fsp3) is 0.667. The van der Waals surface area contributed by atoms with Crippen molar-refractivity contribution in [2.45, 2.75) is 12.7 Å². The van der Waals surface area contributed by atoms with E-state index in [1.807, 2.05) is 0 Å². The van der Waals surface area contributed by atoms with Gasteiger partial charge in [-0.2, -0.15) is 0 Å². The summed E-state index contributed by atoms with van der Waals surface area (Å²) < 4.78 is 33.4. The van der Waals surface area contributed by atoms with Gasteiger partial charge >= 0.3 is 6.98 Å². The molecule has 0 radical (unpaired) electrons. The first-order valence-electron chi connectivity index (χ1n) is 2.21. The van der Waals surface area contributed by atoms with Crippen molar-refractivity contribution in [1.82, 2.24) is 0 Å². The second-order valence-corrected chi connectivity index (χ2v) is 1.45. The van der Waals surface area contributed by atoms with Crippen molar-refractivity contribution < 1.29 is 17.7 Å². The molecule has 0 N–H and O–H groups in total. The Morgan fingerprint density at radius 1 is 1.38 bits per heavy atom. The number of carbonyl (C=O) groups is 1. The molecule has 0 bridgehead atoms. The molecule has 0 aromatic rings. The van der Waals surface area contributed by atoms with E-state index in [2.05, 4.69) is 0 Å². The predicted octanol–water partition coefficient (Wildman–Crippen LogP) is 1.42. The van der Waals surface area contributed by atoms with Gasteiger partial charge in [-0.15, -0.1) is 0 Å². The van der Waals surface area contributed by atoms with Gasteiger partial charge in [0.25, 0.3) is 0 Å². The zero-order valence-electron chi connectivity index (χ0n) is 4.11. The molecule has 5 heteroatoms. The molecule has 0 atom stereocenters. The lowest BCUT2D eigenvalue weighted by Gasteiger charge is -2.09. The Bertz CT molecular complexity index is 79.1. The second-order valence-electron chi connectivity index (χ2n) is 1.45. The average Bonchev–Trinajstić information content (AvgIpc) is 1.59. The molecular formula is C3H5BF3O-. The van der Waals surface area contributed by atoms with E-state index in [9.17, 15) is 17.7 Å². The third-order valence-corrected chi connectivity index (χ3v) is 0.612. The molecule has 0 heterocycles. The summed E-state index contributed by atoms with van der Waals surface area (Å²) in [5, 5.41) is 0. The van der Waals surface area contributed by atoms with E-state index >= 15 is 0 Å². The Kier molecular flexibility index (Phi) is 2.58. The minimum Gasteiger partial charge on any atom is -0.449 e. The Hall–Kier alpha value is -0.475. The minimum absolute atomic E-state index is 0.273. The molecule has 8 heavy (non-hydrogen) atoms. The van der Waals surface area contributed by atoms with Crippen LogP contribution >= 0.6 is 0 Å². The average molecular weight is 125 g/mol. The molecule has 0 aromatic heterocycles. The van der Waals surface area contributed by atoms with Gasteiger partial charge in [-0.3, -0.25) is 0 Å². The molecule has 0 aliphatic rings. The van der Waals surface area contributed by atoms with Gasteiger partial charge in [0.05, 0.1) is 0 Å². The van der Waals surface area contributed by atoms with Crippen LogP contribution in [0.2, 0.25) is 6.32 Å². The number of rotatable bonds is 3. The smallest absolute Gasteiger partial charge is 0.449 e. The van der Waals surface area contributed by atoms with E-state index in [1.54, 1.807) is 0 Å². The van der Waals surface area contributed by atoms with Crippen molar-refractivity contribution in [3.05, 3.63) is 0 Å². The SMILES string of the molecule is O=CCC[B-](F)(F)F. The summed E-state index contributed by atoms with van der Waals surface area (Å²) in [6.45, 7) is -4.73. The highest BCUT2D eigenvalue weighted by molar-refractivity contribution is 6.58. The summed E-state index contributed by atoms with van der Waals surface area (Å²) in [5.41, 5.74) is 0. The number of hydrogen-bond acceptors (Lipinski definition) is 1. The first kappa shape index (κ1) is 7.52. The maximum atomic E-state index is 11.1. The topological polar surface area (TPSA) is 17.1 Å². The van der Waals surface area contributed by atoms with Crippen LogP contribution in [0.5, 0.6) is 0 Å². The lowest BCUT2D eigenvalue weighted by atomic mass is 9.85. The molecule has 0 aromatic carbocycles. The molecule has 0 spiro atoms. The summed E-state index contributed by atoms with van der Waals surface area (Å²) in [6.07, 6.45) is -1.07. The number of aldehydes is 1. The van der Waals surface area contributed by atoms with Crippen LogP contribution in [0.25, 0.3) is 0 Å². The highest BCUT2D eigenvalue weighted by Crippen LogP contribution is 2.15.